The predicted molar refractivity (Wildman–Crippen MR) is 141 cm³/mol. The second-order valence-electron chi connectivity index (χ2n) is 9.82. The van der Waals surface area contributed by atoms with Gasteiger partial charge in [-0.2, -0.15) is 4.31 Å². The van der Waals surface area contributed by atoms with Crippen LogP contribution in [0.3, 0.4) is 0 Å². The van der Waals surface area contributed by atoms with Gasteiger partial charge in [-0.3, -0.25) is 4.79 Å². The van der Waals surface area contributed by atoms with Gasteiger partial charge in [0.1, 0.15) is 11.6 Å². The van der Waals surface area contributed by atoms with Gasteiger partial charge in [0.25, 0.3) is 0 Å². The van der Waals surface area contributed by atoms with Gasteiger partial charge in [0, 0.05) is 38.5 Å². The Morgan fingerprint density at radius 1 is 0.973 bits per heavy atom. The second kappa shape index (κ2) is 11.4. The molecule has 0 aliphatic carbocycles. The van der Waals surface area contributed by atoms with Crippen LogP contribution in [0.5, 0.6) is 5.75 Å². The van der Waals surface area contributed by atoms with Crippen molar-refractivity contribution in [2.75, 3.05) is 26.7 Å². The molecule has 4 rings (SSSR count). The van der Waals surface area contributed by atoms with Gasteiger partial charge in [0.15, 0.2) is 0 Å². The van der Waals surface area contributed by atoms with E-state index < -0.39 is 15.4 Å². The number of amides is 1. The van der Waals surface area contributed by atoms with Gasteiger partial charge < -0.3 is 9.64 Å². The van der Waals surface area contributed by atoms with Crippen LogP contribution in [0.25, 0.3) is 0 Å². The van der Waals surface area contributed by atoms with E-state index in [1.807, 2.05) is 36.4 Å². The Kier molecular flexibility index (Phi) is 8.29. The number of halogens is 1. The van der Waals surface area contributed by atoms with Gasteiger partial charge in [-0.1, -0.05) is 48.5 Å². The van der Waals surface area contributed by atoms with Crippen molar-refractivity contribution in [2.45, 2.75) is 37.6 Å². The Morgan fingerprint density at radius 3 is 2.24 bits per heavy atom. The number of piperidine rings is 1. The fraction of sp³-hybridized carbons (Fsp3) is 0.345. The van der Waals surface area contributed by atoms with Gasteiger partial charge >= 0.3 is 0 Å². The quantitative estimate of drug-likeness (QED) is 0.394. The predicted octanol–water partition coefficient (Wildman–Crippen LogP) is 5.03. The monoisotopic (exact) mass is 524 g/mol. The van der Waals surface area contributed by atoms with Gasteiger partial charge in [-0.05, 0) is 61.2 Å². The lowest BCUT2D eigenvalue weighted by atomic mass is 9.76. The molecule has 1 amide bonds. The fourth-order valence-corrected chi connectivity index (χ4v) is 6.39. The first-order valence-electron chi connectivity index (χ1n) is 12.4. The van der Waals surface area contributed by atoms with E-state index in [-0.39, 0.29) is 24.8 Å². The minimum atomic E-state index is -3.64. The first-order valence-corrected chi connectivity index (χ1v) is 13.8. The van der Waals surface area contributed by atoms with Crippen molar-refractivity contribution in [3.63, 3.8) is 0 Å². The molecule has 1 aliphatic heterocycles. The molecule has 196 valence electrons. The molecule has 1 aliphatic rings. The number of hydrogen-bond acceptors (Lipinski definition) is 4. The molecule has 0 N–H and O–H groups in total. The Bertz CT molecular complexity index is 1310. The summed E-state index contributed by atoms with van der Waals surface area (Å²) < 4.78 is 47.6. The number of hydrogen-bond donors (Lipinski definition) is 0. The van der Waals surface area contributed by atoms with Crippen molar-refractivity contribution in [3.05, 3.63) is 95.8 Å². The summed E-state index contributed by atoms with van der Waals surface area (Å²) >= 11 is 0. The lowest BCUT2D eigenvalue weighted by Gasteiger charge is -2.41. The molecule has 1 fully saturated rings. The van der Waals surface area contributed by atoms with E-state index >= 15 is 0 Å². The number of carbonyl (C=O) groups excluding carboxylic acids is 1. The third kappa shape index (κ3) is 6.56. The average molecular weight is 525 g/mol. The number of carbonyl (C=O) groups is 1. The van der Waals surface area contributed by atoms with E-state index in [0.717, 1.165) is 5.56 Å². The molecule has 37 heavy (non-hydrogen) atoms. The highest BCUT2D eigenvalue weighted by Gasteiger charge is 2.41. The molecule has 8 heteroatoms. The highest BCUT2D eigenvalue weighted by Crippen LogP contribution is 2.38. The van der Waals surface area contributed by atoms with Crippen LogP contribution < -0.4 is 4.74 Å². The maximum Gasteiger partial charge on any atom is 0.243 e. The zero-order chi connectivity index (χ0) is 26.5. The summed E-state index contributed by atoms with van der Waals surface area (Å²) in [6.07, 6.45) is 1.18. The van der Waals surface area contributed by atoms with Crippen molar-refractivity contribution >= 4 is 15.9 Å². The summed E-state index contributed by atoms with van der Waals surface area (Å²) in [6, 6.07) is 22.5. The molecule has 3 aromatic carbocycles. The van der Waals surface area contributed by atoms with Crippen LogP contribution in [0.4, 0.5) is 4.39 Å². The molecular weight excluding hydrogens is 491 g/mol. The smallest absolute Gasteiger partial charge is 0.243 e. The first-order chi connectivity index (χ1) is 17.7. The van der Waals surface area contributed by atoms with E-state index in [2.05, 4.69) is 0 Å². The zero-order valence-electron chi connectivity index (χ0n) is 21.3. The lowest BCUT2D eigenvalue weighted by Crippen LogP contribution is -2.47. The standard InChI is InChI=1S/C29H33FN2O4S/c1-23-8-6-7-11-27(23)37(34,35)32-18-16-29(17-19-32,22-36-26-14-12-25(30)13-15-26)20-28(33)31(2)21-24-9-4-3-5-10-24/h3-15H,16-22H2,1-2H3. The van der Waals surface area contributed by atoms with Crippen LogP contribution >= 0.6 is 0 Å². The van der Waals surface area contributed by atoms with Gasteiger partial charge in [-0.15, -0.1) is 0 Å². The molecule has 6 nitrogen and oxygen atoms in total. The second-order valence-corrected chi connectivity index (χ2v) is 11.7. The molecule has 0 spiro atoms. The normalized spacial score (nSPS) is 15.8. The highest BCUT2D eigenvalue weighted by molar-refractivity contribution is 7.89. The number of aryl methyl sites for hydroxylation is 1. The Labute approximate surface area is 218 Å². The van der Waals surface area contributed by atoms with Crippen molar-refractivity contribution in [1.82, 2.24) is 9.21 Å². The molecule has 1 saturated heterocycles. The van der Waals surface area contributed by atoms with Gasteiger partial charge in [-0.25, -0.2) is 12.8 Å². The molecule has 3 aromatic rings. The molecule has 0 atom stereocenters. The maximum absolute atomic E-state index is 13.4. The van der Waals surface area contributed by atoms with Crippen LogP contribution in [0, 0.1) is 18.2 Å². The Hall–Kier alpha value is -3.23. The minimum Gasteiger partial charge on any atom is -0.493 e. The molecule has 0 bridgehead atoms. The van der Waals surface area contributed by atoms with E-state index in [4.69, 9.17) is 4.74 Å². The molecule has 0 aromatic heterocycles. The zero-order valence-corrected chi connectivity index (χ0v) is 22.1. The summed E-state index contributed by atoms with van der Waals surface area (Å²) in [4.78, 5) is 15.3. The first kappa shape index (κ1) is 26.8. The maximum atomic E-state index is 13.4. The summed E-state index contributed by atoms with van der Waals surface area (Å²) in [6.45, 7) is 3.10. The molecule has 0 saturated carbocycles. The fourth-order valence-electron chi connectivity index (χ4n) is 4.73. The number of benzene rings is 3. The van der Waals surface area contributed by atoms with E-state index in [0.29, 0.717) is 48.7 Å². The summed E-state index contributed by atoms with van der Waals surface area (Å²) in [5.41, 5.74) is 1.19. The number of nitrogens with zero attached hydrogens (tertiary/aromatic N) is 2. The Balaban J connectivity index is 1.50. The van der Waals surface area contributed by atoms with Crippen LogP contribution in [-0.4, -0.2) is 50.3 Å². The van der Waals surface area contributed by atoms with Crippen LogP contribution in [0.15, 0.2) is 83.8 Å². The van der Waals surface area contributed by atoms with E-state index in [9.17, 15) is 17.6 Å². The summed E-state index contributed by atoms with van der Waals surface area (Å²) in [5.74, 6) is 0.136. The van der Waals surface area contributed by atoms with Crippen molar-refractivity contribution in [1.29, 1.82) is 0 Å². The molecule has 0 unspecified atom stereocenters. The minimum absolute atomic E-state index is 0.0261. The van der Waals surface area contributed by atoms with Gasteiger partial charge in [0.2, 0.25) is 15.9 Å². The molecule has 0 radical (unpaired) electrons. The highest BCUT2D eigenvalue weighted by atomic mass is 32.2. The molecule has 1 heterocycles. The van der Waals surface area contributed by atoms with Crippen LogP contribution in [0.1, 0.15) is 30.4 Å². The van der Waals surface area contributed by atoms with Crippen molar-refractivity contribution < 1.29 is 22.3 Å². The van der Waals surface area contributed by atoms with Crippen LogP contribution in [-0.2, 0) is 21.4 Å². The number of ether oxygens (including phenoxy) is 1. The summed E-state index contributed by atoms with van der Waals surface area (Å²) in [7, 11) is -1.87. The van der Waals surface area contributed by atoms with E-state index in [1.165, 1.54) is 16.4 Å². The van der Waals surface area contributed by atoms with E-state index in [1.54, 1.807) is 49.2 Å². The lowest BCUT2D eigenvalue weighted by molar-refractivity contribution is -0.134. The third-order valence-corrected chi connectivity index (χ3v) is 9.13. The number of sulfonamides is 1. The average Bonchev–Trinajstić information content (AvgIpc) is 2.89. The third-order valence-electron chi connectivity index (χ3n) is 7.07. The molecular formula is C29H33FN2O4S. The van der Waals surface area contributed by atoms with Crippen molar-refractivity contribution in [3.8, 4) is 5.75 Å². The Morgan fingerprint density at radius 2 is 1.59 bits per heavy atom. The number of rotatable bonds is 9. The van der Waals surface area contributed by atoms with Crippen molar-refractivity contribution in [2.24, 2.45) is 5.41 Å². The topological polar surface area (TPSA) is 66.9 Å². The largest absolute Gasteiger partial charge is 0.493 e. The summed E-state index contributed by atoms with van der Waals surface area (Å²) in [5, 5.41) is 0. The SMILES string of the molecule is Cc1ccccc1S(=O)(=O)N1CCC(COc2ccc(F)cc2)(CC(=O)N(C)Cc2ccccc2)CC1. The van der Waals surface area contributed by atoms with Gasteiger partial charge in [0.05, 0.1) is 11.5 Å². The van der Waals surface area contributed by atoms with Crippen LogP contribution in [0.2, 0.25) is 0 Å².